The topological polar surface area (TPSA) is 107 Å². The molecule has 9 heteroatoms. The Morgan fingerprint density at radius 1 is 1.52 bits per heavy atom. The molecular weight excluding hydrogens is 322 g/mol. The quantitative estimate of drug-likeness (QED) is 0.684. The molecule has 1 aliphatic heterocycles. The maximum Gasteiger partial charge on any atom is 0.240 e. The fraction of sp³-hybridized carbons (Fsp3) is 0.786. The Morgan fingerprint density at radius 3 is 2.96 bits per heavy atom. The van der Waals surface area contributed by atoms with E-state index in [-0.39, 0.29) is 30.8 Å². The summed E-state index contributed by atoms with van der Waals surface area (Å²) in [5.74, 6) is 1.14. The maximum atomic E-state index is 12.2. The van der Waals surface area contributed by atoms with Crippen molar-refractivity contribution in [2.24, 2.45) is 11.7 Å². The summed E-state index contributed by atoms with van der Waals surface area (Å²) in [7, 11) is 1.62. The minimum atomic E-state index is -0.00561. The van der Waals surface area contributed by atoms with Crippen molar-refractivity contribution in [3.05, 3.63) is 11.7 Å². The predicted molar refractivity (Wildman–Crippen MR) is 86.9 cm³/mol. The van der Waals surface area contributed by atoms with Crippen molar-refractivity contribution < 1.29 is 14.1 Å². The molecule has 1 saturated heterocycles. The third-order valence-corrected chi connectivity index (χ3v) is 4.02. The Hall–Kier alpha value is -1.22. The number of rotatable bonds is 7. The van der Waals surface area contributed by atoms with Crippen LogP contribution in [0.15, 0.2) is 4.52 Å². The lowest BCUT2D eigenvalue weighted by molar-refractivity contribution is -0.127. The SMILES string of the molecule is COCCNC(=O)C1CCC(C)N(Cc2noc(CN)n2)C1.Cl. The standard InChI is InChI=1S/C14H25N5O3.ClH/c1-10-3-4-11(14(20)16-5-6-21-2)8-19(10)9-12-17-13(7-15)22-18-12;/h10-11H,3-9,15H2,1-2H3,(H,16,20);1H. The second-order valence-corrected chi connectivity index (χ2v) is 5.65. The van der Waals surface area contributed by atoms with Crippen molar-refractivity contribution in [2.75, 3.05) is 26.8 Å². The Bertz CT molecular complexity index is 485. The van der Waals surface area contributed by atoms with E-state index < -0.39 is 0 Å². The van der Waals surface area contributed by atoms with Gasteiger partial charge in [0.25, 0.3) is 0 Å². The van der Waals surface area contributed by atoms with Gasteiger partial charge in [0, 0.05) is 26.2 Å². The number of methoxy groups -OCH3 is 1. The smallest absolute Gasteiger partial charge is 0.240 e. The maximum absolute atomic E-state index is 12.2. The highest BCUT2D eigenvalue weighted by Gasteiger charge is 2.30. The summed E-state index contributed by atoms with van der Waals surface area (Å²) in [6.07, 6.45) is 1.88. The summed E-state index contributed by atoms with van der Waals surface area (Å²) < 4.78 is 9.97. The lowest BCUT2D eigenvalue weighted by Crippen LogP contribution is -2.47. The number of nitrogens with zero attached hydrogens (tertiary/aromatic N) is 3. The van der Waals surface area contributed by atoms with E-state index in [0.29, 0.717) is 44.0 Å². The lowest BCUT2D eigenvalue weighted by Gasteiger charge is -2.36. The minimum absolute atomic E-state index is 0. The van der Waals surface area contributed by atoms with E-state index in [1.807, 2.05) is 0 Å². The molecule has 2 heterocycles. The molecule has 0 spiro atoms. The van der Waals surface area contributed by atoms with Crippen molar-refractivity contribution in [3.63, 3.8) is 0 Å². The zero-order valence-electron chi connectivity index (χ0n) is 13.7. The molecule has 2 rings (SSSR count). The van der Waals surface area contributed by atoms with Crippen LogP contribution in [0, 0.1) is 5.92 Å². The fourth-order valence-electron chi connectivity index (χ4n) is 2.65. The van der Waals surface area contributed by atoms with Gasteiger partial charge in [0.15, 0.2) is 5.82 Å². The van der Waals surface area contributed by atoms with Crippen molar-refractivity contribution in [1.29, 1.82) is 0 Å². The second kappa shape index (κ2) is 9.82. The van der Waals surface area contributed by atoms with Crippen molar-refractivity contribution in [2.45, 2.75) is 38.9 Å². The molecule has 1 aromatic rings. The van der Waals surface area contributed by atoms with E-state index in [9.17, 15) is 4.79 Å². The highest BCUT2D eigenvalue weighted by atomic mass is 35.5. The summed E-state index contributed by atoms with van der Waals surface area (Å²) in [5.41, 5.74) is 5.47. The average molecular weight is 348 g/mol. The normalized spacial score (nSPS) is 21.7. The van der Waals surface area contributed by atoms with Crippen LogP contribution >= 0.6 is 12.4 Å². The van der Waals surface area contributed by atoms with Crippen LogP contribution in [-0.4, -0.2) is 53.8 Å². The van der Waals surface area contributed by atoms with Crippen LogP contribution in [0.5, 0.6) is 0 Å². The van der Waals surface area contributed by atoms with Gasteiger partial charge in [0.1, 0.15) is 0 Å². The number of hydrogen-bond acceptors (Lipinski definition) is 7. The van der Waals surface area contributed by atoms with Gasteiger partial charge >= 0.3 is 0 Å². The molecule has 8 nitrogen and oxygen atoms in total. The molecule has 23 heavy (non-hydrogen) atoms. The summed E-state index contributed by atoms with van der Waals surface area (Å²) in [6, 6.07) is 0.392. The first kappa shape index (κ1) is 19.8. The van der Waals surface area contributed by atoms with Gasteiger partial charge < -0.3 is 20.3 Å². The molecule has 2 unspecified atom stereocenters. The van der Waals surface area contributed by atoms with Gasteiger partial charge in [-0.05, 0) is 19.8 Å². The summed E-state index contributed by atoms with van der Waals surface area (Å²) in [5, 5.41) is 6.83. The number of amides is 1. The number of piperidine rings is 1. The third-order valence-electron chi connectivity index (χ3n) is 4.02. The molecule has 1 aliphatic rings. The van der Waals surface area contributed by atoms with Gasteiger partial charge in [-0.25, -0.2) is 0 Å². The minimum Gasteiger partial charge on any atom is -0.383 e. The van der Waals surface area contributed by atoms with Crippen molar-refractivity contribution in [1.82, 2.24) is 20.4 Å². The molecule has 132 valence electrons. The van der Waals surface area contributed by atoms with Crippen LogP contribution < -0.4 is 11.1 Å². The van der Waals surface area contributed by atoms with Crippen LogP contribution in [0.1, 0.15) is 31.5 Å². The number of likely N-dealkylation sites (tertiary alicyclic amines) is 1. The van der Waals surface area contributed by atoms with Crippen molar-refractivity contribution >= 4 is 18.3 Å². The van der Waals surface area contributed by atoms with Gasteiger partial charge in [0.2, 0.25) is 11.8 Å². The van der Waals surface area contributed by atoms with Gasteiger partial charge in [-0.2, -0.15) is 4.98 Å². The molecule has 1 fully saturated rings. The van der Waals surface area contributed by atoms with Crippen LogP contribution in [-0.2, 0) is 22.6 Å². The van der Waals surface area contributed by atoms with Gasteiger partial charge in [0.05, 0.1) is 25.6 Å². The van der Waals surface area contributed by atoms with E-state index in [4.69, 9.17) is 15.0 Å². The largest absolute Gasteiger partial charge is 0.383 e. The first-order chi connectivity index (χ1) is 10.6. The molecule has 0 saturated carbocycles. The van der Waals surface area contributed by atoms with Gasteiger partial charge in [-0.15, -0.1) is 12.4 Å². The van der Waals surface area contributed by atoms with Gasteiger partial charge in [-0.1, -0.05) is 5.16 Å². The summed E-state index contributed by atoms with van der Waals surface area (Å²) in [4.78, 5) is 18.6. The number of halogens is 1. The Balaban J connectivity index is 0.00000264. The number of carbonyl (C=O) groups is 1. The molecule has 0 aromatic carbocycles. The molecular formula is C14H26ClN5O3. The Morgan fingerprint density at radius 2 is 2.30 bits per heavy atom. The number of carbonyl (C=O) groups excluding carboxylic acids is 1. The molecule has 0 radical (unpaired) electrons. The molecule has 0 aliphatic carbocycles. The van der Waals surface area contributed by atoms with Gasteiger partial charge in [-0.3, -0.25) is 9.69 Å². The summed E-state index contributed by atoms with van der Waals surface area (Å²) >= 11 is 0. The van der Waals surface area contributed by atoms with Crippen LogP contribution in [0.3, 0.4) is 0 Å². The van der Waals surface area contributed by atoms with E-state index in [0.717, 1.165) is 12.8 Å². The number of aromatic nitrogens is 2. The van der Waals surface area contributed by atoms with E-state index in [2.05, 4.69) is 27.3 Å². The number of hydrogen-bond donors (Lipinski definition) is 2. The van der Waals surface area contributed by atoms with Crippen LogP contribution in [0.25, 0.3) is 0 Å². The molecule has 1 amide bonds. The molecule has 1 aromatic heterocycles. The highest BCUT2D eigenvalue weighted by Crippen LogP contribution is 2.23. The molecule has 2 atom stereocenters. The molecule has 3 N–H and O–H groups in total. The molecule has 0 bridgehead atoms. The monoisotopic (exact) mass is 347 g/mol. The second-order valence-electron chi connectivity index (χ2n) is 5.65. The Labute approximate surface area is 142 Å². The third kappa shape index (κ3) is 5.72. The zero-order valence-corrected chi connectivity index (χ0v) is 14.5. The van der Waals surface area contributed by atoms with E-state index in [1.165, 1.54) is 0 Å². The van der Waals surface area contributed by atoms with E-state index >= 15 is 0 Å². The summed E-state index contributed by atoms with van der Waals surface area (Å²) in [6.45, 7) is 4.75. The Kier molecular flexibility index (Phi) is 8.46. The zero-order chi connectivity index (χ0) is 15.9. The first-order valence-electron chi connectivity index (χ1n) is 7.66. The number of nitrogens with two attached hydrogens (primary N) is 1. The van der Waals surface area contributed by atoms with E-state index in [1.54, 1.807) is 7.11 Å². The highest BCUT2D eigenvalue weighted by molar-refractivity contribution is 5.85. The number of nitrogens with one attached hydrogen (secondary N) is 1. The average Bonchev–Trinajstić information content (AvgIpc) is 2.97. The lowest BCUT2D eigenvalue weighted by atomic mass is 9.92. The number of ether oxygens (including phenoxy) is 1. The predicted octanol–water partition coefficient (Wildman–Crippen LogP) is 0.313. The fourth-order valence-corrected chi connectivity index (χ4v) is 2.65. The first-order valence-corrected chi connectivity index (χ1v) is 7.66. The van der Waals surface area contributed by atoms with Crippen molar-refractivity contribution in [3.8, 4) is 0 Å². The van der Waals surface area contributed by atoms with Crippen LogP contribution in [0.4, 0.5) is 0 Å². The van der Waals surface area contributed by atoms with Crippen LogP contribution in [0.2, 0.25) is 0 Å².